The molecule has 0 aliphatic rings. The number of anilines is 2. The van der Waals surface area contributed by atoms with Crippen LogP contribution in [0.15, 0.2) is 24.4 Å². The summed E-state index contributed by atoms with van der Waals surface area (Å²) in [6.45, 7) is 2.20. The summed E-state index contributed by atoms with van der Waals surface area (Å²) in [6, 6.07) is 4.04. The third-order valence-electron chi connectivity index (χ3n) is 2.73. The molecule has 1 amide bonds. The molecule has 1 aromatic carbocycles. The maximum absolute atomic E-state index is 13.0. The van der Waals surface area contributed by atoms with E-state index in [1.54, 1.807) is 17.8 Å². The van der Waals surface area contributed by atoms with Gasteiger partial charge < -0.3 is 11.1 Å². The lowest BCUT2D eigenvalue weighted by molar-refractivity contribution is -0.116. The van der Waals surface area contributed by atoms with Crippen LogP contribution in [0, 0.1) is 12.7 Å². The number of aryl methyl sites for hydroxylation is 2. The highest BCUT2D eigenvalue weighted by Crippen LogP contribution is 2.16. The lowest BCUT2D eigenvalue weighted by Crippen LogP contribution is -2.15. The topological polar surface area (TPSA) is 72.9 Å². The van der Waals surface area contributed by atoms with E-state index in [-0.39, 0.29) is 18.0 Å². The maximum Gasteiger partial charge on any atom is 0.226 e. The molecule has 20 heavy (non-hydrogen) atoms. The van der Waals surface area contributed by atoms with E-state index in [9.17, 15) is 9.18 Å². The normalized spacial score (nSPS) is 10.6. The fourth-order valence-electron chi connectivity index (χ4n) is 1.67. The van der Waals surface area contributed by atoms with E-state index in [0.717, 1.165) is 5.69 Å². The van der Waals surface area contributed by atoms with E-state index >= 15 is 0 Å². The minimum Gasteiger partial charge on any atom is -0.396 e. The Morgan fingerprint density at radius 3 is 2.90 bits per heavy atom. The lowest BCUT2D eigenvalue weighted by atomic mass is 10.2. The second-order valence-electron chi connectivity index (χ2n) is 4.36. The molecule has 0 unspecified atom stereocenters. The minimum atomic E-state index is -0.510. The molecule has 0 saturated carbocycles. The molecule has 0 saturated heterocycles. The number of nitrogens with two attached hydrogens (primary N) is 1. The van der Waals surface area contributed by atoms with Gasteiger partial charge >= 0.3 is 0 Å². The molecule has 0 bridgehead atoms. The smallest absolute Gasteiger partial charge is 0.226 e. The largest absolute Gasteiger partial charge is 0.396 e. The number of nitrogens with one attached hydrogen (secondary N) is 1. The van der Waals surface area contributed by atoms with Gasteiger partial charge in [0.05, 0.1) is 16.4 Å². The van der Waals surface area contributed by atoms with Crippen molar-refractivity contribution in [3.05, 3.63) is 40.9 Å². The van der Waals surface area contributed by atoms with Gasteiger partial charge in [-0.05, 0) is 25.1 Å². The number of amides is 1. The van der Waals surface area contributed by atoms with Gasteiger partial charge in [-0.3, -0.25) is 9.48 Å². The standard InChI is InChI=1S/C13H14ClFN4O/c1-8-10(14)7-19(18-8)5-4-13(20)17-9-2-3-11(15)12(16)6-9/h2-3,6-7H,4-5,16H2,1H3,(H,17,20). The van der Waals surface area contributed by atoms with E-state index in [1.807, 2.05) is 0 Å². The number of nitrogen functional groups attached to an aromatic ring is 1. The first kappa shape index (κ1) is 14.3. The van der Waals surface area contributed by atoms with Crippen molar-refractivity contribution in [3.63, 3.8) is 0 Å². The van der Waals surface area contributed by atoms with Gasteiger partial charge in [0.25, 0.3) is 0 Å². The maximum atomic E-state index is 13.0. The van der Waals surface area contributed by atoms with Gasteiger partial charge in [-0.2, -0.15) is 5.10 Å². The van der Waals surface area contributed by atoms with E-state index < -0.39 is 5.82 Å². The molecule has 0 fully saturated rings. The quantitative estimate of drug-likeness (QED) is 0.852. The van der Waals surface area contributed by atoms with E-state index in [0.29, 0.717) is 17.3 Å². The number of nitrogens with zero attached hydrogens (tertiary/aromatic N) is 2. The van der Waals surface area contributed by atoms with Crippen LogP contribution < -0.4 is 11.1 Å². The van der Waals surface area contributed by atoms with Gasteiger partial charge in [-0.25, -0.2) is 4.39 Å². The number of hydrogen-bond donors (Lipinski definition) is 2. The first-order valence-corrected chi connectivity index (χ1v) is 6.38. The molecule has 106 valence electrons. The van der Waals surface area contributed by atoms with Crippen LogP contribution in [0.5, 0.6) is 0 Å². The van der Waals surface area contributed by atoms with Crippen molar-refractivity contribution in [1.29, 1.82) is 0 Å². The molecule has 3 N–H and O–H groups in total. The molecule has 1 aromatic heterocycles. The van der Waals surface area contributed by atoms with Crippen LogP contribution in [0.1, 0.15) is 12.1 Å². The number of aromatic nitrogens is 2. The van der Waals surface area contributed by atoms with Crippen molar-refractivity contribution in [2.45, 2.75) is 19.9 Å². The molecule has 0 atom stereocenters. The molecule has 0 radical (unpaired) electrons. The Morgan fingerprint density at radius 1 is 1.55 bits per heavy atom. The molecule has 2 rings (SSSR count). The van der Waals surface area contributed by atoms with Gasteiger partial charge in [-0.15, -0.1) is 0 Å². The number of rotatable bonds is 4. The summed E-state index contributed by atoms with van der Waals surface area (Å²) in [7, 11) is 0. The van der Waals surface area contributed by atoms with E-state index in [2.05, 4.69) is 10.4 Å². The average molecular weight is 297 g/mol. The van der Waals surface area contributed by atoms with Gasteiger partial charge in [0, 0.05) is 24.8 Å². The van der Waals surface area contributed by atoms with Crippen LogP contribution in [-0.4, -0.2) is 15.7 Å². The highest BCUT2D eigenvalue weighted by Gasteiger charge is 2.07. The van der Waals surface area contributed by atoms with Crippen molar-refractivity contribution >= 4 is 28.9 Å². The van der Waals surface area contributed by atoms with Crippen LogP contribution in [0.3, 0.4) is 0 Å². The summed E-state index contributed by atoms with van der Waals surface area (Å²) >= 11 is 5.87. The number of halogens is 2. The minimum absolute atomic E-state index is 0.00252. The van der Waals surface area contributed by atoms with Crippen LogP contribution >= 0.6 is 11.6 Å². The fraction of sp³-hybridized carbons (Fsp3) is 0.231. The Kier molecular flexibility index (Phi) is 4.24. The van der Waals surface area contributed by atoms with Crippen molar-refractivity contribution in [1.82, 2.24) is 9.78 Å². The molecular formula is C13H14ClFN4O. The number of benzene rings is 1. The van der Waals surface area contributed by atoms with Gasteiger partial charge in [0.15, 0.2) is 0 Å². The van der Waals surface area contributed by atoms with Crippen LogP contribution in [-0.2, 0) is 11.3 Å². The molecule has 2 aromatic rings. The predicted octanol–water partition coefficient (Wildman–Crippen LogP) is 2.60. The molecule has 0 spiro atoms. The zero-order chi connectivity index (χ0) is 14.7. The average Bonchev–Trinajstić information content (AvgIpc) is 2.71. The predicted molar refractivity (Wildman–Crippen MR) is 76.0 cm³/mol. The molecule has 5 nitrogen and oxygen atoms in total. The summed E-state index contributed by atoms with van der Waals surface area (Å²) in [5, 5.41) is 7.36. The third-order valence-corrected chi connectivity index (χ3v) is 3.11. The summed E-state index contributed by atoms with van der Waals surface area (Å²) in [4.78, 5) is 11.8. The first-order chi connectivity index (χ1) is 9.45. The summed E-state index contributed by atoms with van der Waals surface area (Å²) in [5.74, 6) is -0.718. The van der Waals surface area contributed by atoms with Gasteiger partial charge in [0.1, 0.15) is 5.82 Å². The second kappa shape index (κ2) is 5.92. The number of hydrogen-bond acceptors (Lipinski definition) is 3. The first-order valence-electron chi connectivity index (χ1n) is 6.00. The Hall–Kier alpha value is -2.08. The fourth-order valence-corrected chi connectivity index (χ4v) is 1.82. The third kappa shape index (κ3) is 3.48. The molecule has 0 aliphatic heterocycles. The summed E-state index contributed by atoms with van der Waals surface area (Å²) in [5.41, 5.74) is 6.61. The molecule has 7 heteroatoms. The highest BCUT2D eigenvalue weighted by atomic mass is 35.5. The number of carbonyl (C=O) groups is 1. The zero-order valence-corrected chi connectivity index (χ0v) is 11.6. The summed E-state index contributed by atoms with van der Waals surface area (Å²) < 4.78 is 14.6. The Balaban J connectivity index is 1.90. The zero-order valence-electron chi connectivity index (χ0n) is 10.9. The highest BCUT2D eigenvalue weighted by molar-refractivity contribution is 6.31. The van der Waals surface area contributed by atoms with Crippen molar-refractivity contribution in [2.24, 2.45) is 0 Å². The monoisotopic (exact) mass is 296 g/mol. The van der Waals surface area contributed by atoms with Gasteiger partial charge in [-0.1, -0.05) is 11.6 Å². The van der Waals surface area contributed by atoms with Crippen LogP contribution in [0.25, 0.3) is 0 Å². The van der Waals surface area contributed by atoms with E-state index in [4.69, 9.17) is 17.3 Å². The SMILES string of the molecule is Cc1nn(CCC(=O)Nc2ccc(F)c(N)c2)cc1Cl. The Labute approximate surface area is 120 Å². The summed E-state index contributed by atoms with van der Waals surface area (Å²) in [6.07, 6.45) is 1.90. The second-order valence-corrected chi connectivity index (χ2v) is 4.77. The van der Waals surface area contributed by atoms with Crippen molar-refractivity contribution in [3.8, 4) is 0 Å². The van der Waals surface area contributed by atoms with Crippen LogP contribution in [0.4, 0.5) is 15.8 Å². The Morgan fingerprint density at radius 2 is 2.30 bits per heavy atom. The van der Waals surface area contributed by atoms with E-state index in [1.165, 1.54) is 18.2 Å². The molecule has 1 heterocycles. The molecular weight excluding hydrogens is 283 g/mol. The lowest BCUT2D eigenvalue weighted by Gasteiger charge is -2.06. The van der Waals surface area contributed by atoms with Crippen molar-refractivity contribution < 1.29 is 9.18 Å². The molecule has 0 aliphatic carbocycles. The van der Waals surface area contributed by atoms with Crippen LogP contribution in [0.2, 0.25) is 5.02 Å². The van der Waals surface area contributed by atoms with Crippen molar-refractivity contribution in [2.75, 3.05) is 11.1 Å². The Bertz CT molecular complexity index is 622. The van der Waals surface area contributed by atoms with Gasteiger partial charge in [0.2, 0.25) is 5.91 Å². The number of carbonyl (C=O) groups excluding carboxylic acids is 1.